The van der Waals surface area contributed by atoms with Gasteiger partial charge in [0.2, 0.25) is 0 Å². The molecule has 13 heterocycles. The fraction of sp³-hybridized carbons (Fsp3) is 0.143. The van der Waals surface area contributed by atoms with Gasteiger partial charge in [-0.05, 0) is 196 Å². The van der Waals surface area contributed by atoms with E-state index in [1.807, 2.05) is 79.5 Å². The van der Waals surface area contributed by atoms with Crippen molar-refractivity contribution in [2.24, 2.45) is 0 Å². The van der Waals surface area contributed by atoms with Crippen molar-refractivity contribution in [3.05, 3.63) is 406 Å². The zero-order valence-corrected chi connectivity index (χ0v) is 85.8. The van der Waals surface area contributed by atoms with Crippen LogP contribution in [-0.4, -0.2) is 98.8 Å². The van der Waals surface area contributed by atoms with E-state index in [4.69, 9.17) is 89.7 Å². The molecule has 24 nitrogen and oxygen atoms in total. The molecule has 0 atom stereocenters. The summed E-state index contributed by atoms with van der Waals surface area (Å²) >= 11 is 0. The van der Waals surface area contributed by atoms with Gasteiger partial charge in [0.1, 0.15) is 99.3 Å². The molecule has 0 radical (unpaired) electrons. The molecular formula is C126H100N24. The molecule has 2 aliphatic rings. The summed E-state index contributed by atoms with van der Waals surface area (Å²) in [5, 5.41) is 4.74. The summed E-state index contributed by atoms with van der Waals surface area (Å²) in [5.41, 5.74) is 42.9. The van der Waals surface area contributed by atoms with E-state index in [-0.39, 0.29) is 10.8 Å². The van der Waals surface area contributed by atoms with Crippen molar-refractivity contribution in [2.45, 2.75) is 122 Å². The minimum Gasteiger partial charge on any atom is -0.293 e. The largest absolute Gasteiger partial charge is 0.293 e. The van der Waals surface area contributed by atoms with Crippen molar-refractivity contribution < 1.29 is 0 Å². The van der Waals surface area contributed by atoms with E-state index in [9.17, 15) is 0 Å². The highest BCUT2D eigenvalue weighted by atomic mass is 15.3. The predicted molar refractivity (Wildman–Crippen MR) is 606 cm³/mol. The van der Waals surface area contributed by atoms with E-state index < -0.39 is 0 Å². The summed E-state index contributed by atoms with van der Waals surface area (Å²) in [7, 11) is 0. The highest BCUT2D eigenvalue weighted by Gasteiger charge is 2.42. The summed E-state index contributed by atoms with van der Waals surface area (Å²) in [5.74, 6) is 4.20. The summed E-state index contributed by atoms with van der Waals surface area (Å²) < 4.78 is 4.47. The normalized spacial score (nSPS) is 13.0. The Hall–Kier alpha value is -18.8. The van der Waals surface area contributed by atoms with Gasteiger partial charge in [0, 0.05) is 69.6 Å². The maximum Gasteiger partial charge on any atom is 0.157 e. The molecule has 0 saturated carbocycles. The van der Waals surface area contributed by atoms with E-state index in [0.717, 1.165) is 101 Å². The summed E-state index contributed by atoms with van der Waals surface area (Å²) in [6, 6.07) is 85.2. The van der Waals surface area contributed by atoms with Crippen LogP contribution >= 0.6 is 0 Å². The minimum atomic E-state index is -0.207. The Balaban J connectivity index is 0.000000114. The lowest BCUT2D eigenvalue weighted by atomic mass is 9.72. The number of anilines is 12. The van der Waals surface area contributed by atoms with Gasteiger partial charge >= 0.3 is 0 Å². The second-order valence-electron chi connectivity index (χ2n) is 40.5. The molecule has 26 aromatic rings. The molecule has 2 aliphatic heterocycles. The second-order valence-corrected chi connectivity index (χ2v) is 40.5. The van der Waals surface area contributed by atoms with E-state index in [0.29, 0.717) is 123 Å². The fourth-order valence-electron chi connectivity index (χ4n) is 23.2. The summed E-state index contributed by atoms with van der Waals surface area (Å²) in [6.45, 7) is 34.9. The third kappa shape index (κ3) is 14.1. The number of hydrogen-bond donors (Lipinski definition) is 0. The molecule has 0 fully saturated rings. The van der Waals surface area contributed by atoms with Gasteiger partial charge in [0.15, 0.2) is 34.9 Å². The van der Waals surface area contributed by atoms with E-state index in [1.165, 1.54) is 88.3 Å². The van der Waals surface area contributed by atoms with Crippen molar-refractivity contribution >= 4 is 212 Å². The Morgan fingerprint density at radius 2 is 0.387 bits per heavy atom. The number of para-hydroxylation sites is 12. The molecule has 28 rings (SSSR count). The lowest BCUT2D eigenvalue weighted by Crippen LogP contribution is -2.32. The van der Waals surface area contributed by atoms with Crippen LogP contribution in [0.2, 0.25) is 0 Å². The zero-order chi connectivity index (χ0) is 102. The van der Waals surface area contributed by atoms with Crippen LogP contribution in [0.3, 0.4) is 0 Å². The van der Waals surface area contributed by atoms with Crippen molar-refractivity contribution in [3.8, 4) is 11.6 Å². The van der Waals surface area contributed by atoms with Gasteiger partial charge in [-0.2, -0.15) is 0 Å². The Morgan fingerprint density at radius 1 is 0.187 bits per heavy atom. The van der Waals surface area contributed by atoms with Crippen LogP contribution in [0.25, 0.3) is 155 Å². The number of nitrogens with zero attached hydrogens (tertiary/aromatic N) is 24. The van der Waals surface area contributed by atoms with Crippen LogP contribution in [0, 0.1) is 83.1 Å². The maximum atomic E-state index is 5.45. The lowest BCUT2D eigenvalue weighted by molar-refractivity contribution is 0.629. The predicted octanol–water partition coefficient (Wildman–Crippen LogP) is 29.6. The smallest absolute Gasteiger partial charge is 0.157 e. The quantitative estimate of drug-likeness (QED) is 0.115. The molecule has 0 saturated heterocycles. The monoisotopic (exact) mass is 1950 g/mol. The highest BCUT2D eigenvalue weighted by Crippen LogP contribution is 2.57. The third-order valence-corrected chi connectivity index (χ3v) is 30.4. The molecule has 0 aliphatic carbocycles. The molecule has 15 aromatic carbocycles. The van der Waals surface area contributed by atoms with E-state index in [1.54, 1.807) is 43.4 Å². The average molecular weight is 1950 g/mol. The van der Waals surface area contributed by atoms with Crippen molar-refractivity contribution in [1.82, 2.24) is 98.8 Å². The first-order chi connectivity index (χ1) is 73.0. The number of benzene rings is 15. The summed E-state index contributed by atoms with van der Waals surface area (Å²) in [4.78, 5) is 100. The van der Waals surface area contributed by atoms with Crippen LogP contribution in [0.5, 0.6) is 0 Å². The van der Waals surface area contributed by atoms with Crippen LogP contribution in [0.4, 0.5) is 68.8 Å². The number of aryl methyl sites for hydroxylation is 12. The SMILES string of the molecule is Cc1cccc2c1N(c1cnc3c4nccnc4c4nc(N5c6c(C)cccc6C(C)(C)c6cccc(C)c65)cnc4c3n1)c1c(C)cccc1C2(C)C.Cc1cccc2c3cccc(C)c3n(-c3cnc4c5nccnc5c5nc(-n6c7c(C)cccc7c7cccc(C)c76)cnc5c4n3)c12.Cc1ccccc1N(c1cnc2c3nccnc3c3nc(N(c4ccccc4C)c4ccccc4C)cnc3c2n1)c1ccccc1C. The standard InChI is InChI=1S/C46H40N8.C40H28N8.C40H32N8/c1-25-13-9-17-29-41(25)53(42-26(2)14-10-18-30(42)45(29,5)6)33-23-49-37-35-36(48-22-21-47-35)39-38(40(37)52-33)50-24-34(51-39)54-43-27(3)15-11-19-31(43)46(7,8)32-20-12-16-28(4)44(32)54;1-21-9-5-13-25-26-14-6-10-22(2)38(26)47(37(21)25)29-19-43-33-31-32(42-18-17-41-31)35-34(36(33)46-29)44-20-30(45-35)48-39-23(3)11-7-15-27(39)28-16-8-12-24(4)40(28)48;1-25-13-5-9-17-29(25)47(30-18-10-6-14-26(30)2)33-23-43-37-35-36(42-22-21-41-35)39-38(40(37)46-33)44-24-34(45-39)48(31-19-11-7-15-27(31)3)32-20-12-8-16-28(32)4/h9-24H,1-8H3;5-20H,1-4H3;5-24H,1-4H3. The first-order valence-corrected chi connectivity index (χ1v) is 50.5. The van der Waals surface area contributed by atoms with Gasteiger partial charge in [0.05, 0.1) is 105 Å². The first kappa shape index (κ1) is 91.1. The Bertz CT molecular complexity index is 9470. The number of rotatable bonds is 10. The van der Waals surface area contributed by atoms with Crippen LogP contribution in [0.15, 0.2) is 317 Å². The van der Waals surface area contributed by atoms with Gasteiger partial charge in [-0.25, -0.2) is 59.8 Å². The number of hydrogen-bond acceptors (Lipinski definition) is 22. The van der Waals surface area contributed by atoms with Gasteiger partial charge < -0.3 is 0 Å². The van der Waals surface area contributed by atoms with E-state index >= 15 is 0 Å². The molecule has 11 aromatic heterocycles. The second kappa shape index (κ2) is 35.0. The van der Waals surface area contributed by atoms with Crippen LogP contribution < -0.4 is 19.6 Å². The van der Waals surface area contributed by atoms with Crippen LogP contribution in [-0.2, 0) is 10.8 Å². The lowest BCUT2D eigenvalue weighted by Gasteiger charge is -2.43. The average Bonchev–Trinajstić information content (AvgIpc) is 0.987. The van der Waals surface area contributed by atoms with Crippen molar-refractivity contribution in [3.63, 3.8) is 0 Å². The van der Waals surface area contributed by atoms with Gasteiger partial charge in [0.25, 0.3) is 0 Å². The van der Waals surface area contributed by atoms with E-state index in [2.05, 4.69) is 334 Å². The molecule has 150 heavy (non-hydrogen) atoms. The van der Waals surface area contributed by atoms with Crippen molar-refractivity contribution in [2.75, 3.05) is 19.6 Å². The minimum absolute atomic E-state index is 0.207. The molecule has 0 spiro atoms. The maximum absolute atomic E-state index is 5.45. The number of fused-ring (bicyclic) bond motifs is 28. The molecule has 0 bridgehead atoms. The topological polar surface area (TPSA) is 255 Å². The molecule has 0 unspecified atom stereocenters. The Morgan fingerprint density at radius 3 is 0.653 bits per heavy atom. The van der Waals surface area contributed by atoms with Gasteiger partial charge in [-0.1, -0.05) is 246 Å². The molecule has 0 N–H and O–H groups in total. The Kier molecular flexibility index (Phi) is 21.2. The third-order valence-electron chi connectivity index (χ3n) is 30.4. The highest BCUT2D eigenvalue weighted by molar-refractivity contribution is 6.22. The fourth-order valence-corrected chi connectivity index (χ4v) is 23.2. The van der Waals surface area contributed by atoms with Crippen LogP contribution in [0.1, 0.15) is 117 Å². The molecule has 0 amide bonds. The molecular weight excluding hydrogens is 1850 g/mol. The van der Waals surface area contributed by atoms with Crippen molar-refractivity contribution in [1.29, 1.82) is 0 Å². The Labute approximate surface area is 863 Å². The van der Waals surface area contributed by atoms with Gasteiger partial charge in [-0.15, -0.1) is 0 Å². The summed E-state index contributed by atoms with van der Waals surface area (Å²) in [6.07, 6.45) is 21.2. The molecule has 24 heteroatoms. The number of aromatic nitrogens is 20. The molecule has 724 valence electrons. The first-order valence-electron chi connectivity index (χ1n) is 50.5. The van der Waals surface area contributed by atoms with Gasteiger partial charge in [-0.3, -0.25) is 58.6 Å². The zero-order valence-electron chi connectivity index (χ0n) is 85.8.